The Bertz CT molecular complexity index is 3490. The topological polar surface area (TPSA) is 234 Å². The molecule has 2 aliphatic rings. The summed E-state index contributed by atoms with van der Waals surface area (Å²) >= 11 is 18.0. The predicted octanol–water partition coefficient (Wildman–Crippen LogP) is 10.4. The van der Waals surface area contributed by atoms with E-state index in [-0.39, 0.29) is 63.6 Å². The van der Waals surface area contributed by atoms with E-state index < -0.39 is 53.7 Å². The third-order valence-corrected chi connectivity index (χ3v) is 17.3. The van der Waals surface area contributed by atoms with Crippen molar-refractivity contribution < 1.29 is 60.1 Å². The number of nitrogens with zero attached hydrogens (tertiary/aromatic N) is 5. The summed E-state index contributed by atoms with van der Waals surface area (Å²) in [5.74, 6) is 5.21. The van der Waals surface area contributed by atoms with Crippen LogP contribution in [0.5, 0.6) is 23.0 Å². The largest absolute Gasteiger partial charge is 0.508 e. The third-order valence-electron chi connectivity index (χ3n) is 14.2. The molecule has 0 amide bonds. The fourth-order valence-electron chi connectivity index (χ4n) is 9.70. The highest BCUT2D eigenvalue weighted by atomic mass is 35.5. The van der Waals surface area contributed by atoms with E-state index in [1.165, 1.54) is 18.6 Å². The van der Waals surface area contributed by atoms with Crippen LogP contribution < -0.4 is 33.5 Å². The normalized spacial score (nSPS) is 15.2. The molecule has 8 rings (SSSR count). The number of benzene rings is 6. The molecule has 93 heavy (non-hydrogen) atoms. The van der Waals surface area contributed by atoms with Crippen molar-refractivity contribution in [2.24, 2.45) is 0 Å². The summed E-state index contributed by atoms with van der Waals surface area (Å²) in [7, 11) is -8.70. The van der Waals surface area contributed by atoms with Crippen molar-refractivity contribution in [1.29, 1.82) is 0 Å². The molecular formula is C66H94Cl4FN7O12S3. The van der Waals surface area contributed by atoms with Crippen LogP contribution in [0.25, 0.3) is 0 Å². The van der Waals surface area contributed by atoms with Crippen LogP contribution in [0.2, 0.25) is 15.1 Å². The fourth-order valence-corrected chi connectivity index (χ4v) is 12.2. The summed E-state index contributed by atoms with van der Waals surface area (Å²) in [6, 6.07) is 38.1. The summed E-state index contributed by atoms with van der Waals surface area (Å²) in [6.45, 7) is 12.4. The molecule has 19 nitrogen and oxygen atoms in total. The Balaban J connectivity index is 0.000000358. The van der Waals surface area contributed by atoms with Crippen LogP contribution in [-0.4, -0.2) is 204 Å². The second kappa shape index (κ2) is 40.1. The zero-order valence-corrected chi connectivity index (χ0v) is 57.3. The highest BCUT2D eigenvalue weighted by molar-refractivity contribution is 8.00. The van der Waals surface area contributed by atoms with Crippen LogP contribution in [0, 0.1) is 5.82 Å². The van der Waals surface area contributed by atoms with Crippen molar-refractivity contribution in [2.45, 2.75) is 65.1 Å². The fraction of sp³-hybridized carbons (Fsp3) is 0.439. The molecule has 4 atom stereocenters. The Morgan fingerprint density at radius 1 is 0.570 bits per heavy atom. The summed E-state index contributed by atoms with van der Waals surface area (Å²) in [6.07, 6.45) is 4.90. The van der Waals surface area contributed by atoms with Gasteiger partial charge in [-0.3, -0.25) is 14.5 Å². The number of ether oxygens (including phenoxy) is 3. The predicted molar refractivity (Wildman–Crippen MR) is 385 cm³/mol. The van der Waals surface area contributed by atoms with Gasteiger partial charge in [0.15, 0.2) is 9.84 Å². The number of hydrogen-bond acceptors (Lipinski definition) is 17. The van der Waals surface area contributed by atoms with Crippen molar-refractivity contribution in [3.05, 3.63) is 165 Å². The maximum absolute atomic E-state index is 13.3. The van der Waals surface area contributed by atoms with Gasteiger partial charge < -0.3 is 54.1 Å². The van der Waals surface area contributed by atoms with E-state index >= 15 is 0 Å². The van der Waals surface area contributed by atoms with Crippen molar-refractivity contribution in [3.63, 3.8) is 0 Å². The van der Waals surface area contributed by atoms with Gasteiger partial charge in [0.05, 0.1) is 27.1 Å². The lowest BCUT2D eigenvalue weighted by Gasteiger charge is -2.37. The first-order valence-corrected chi connectivity index (χ1v) is 36.7. The summed E-state index contributed by atoms with van der Waals surface area (Å²) in [5.41, 5.74) is 4.97. The Morgan fingerprint density at radius 3 is 1.47 bits per heavy atom. The van der Waals surface area contributed by atoms with Gasteiger partial charge in [0, 0.05) is 124 Å². The zero-order valence-electron chi connectivity index (χ0n) is 51.7. The van der Waals surface area contributed by atoms with Crippen molar-refractivity contribution in [2.75, 3.05) is 143 Å². The van der Waals surface area contributed by atoms with Gasteiger partial charge in [0.25, 0.3) is 0 Å². The number of sulfonamides is 1. The maximum atomic E-state index is 13.3. The average molecular weight is 1430 g/mol. The van der Waals surface area contributed by atoms with E-state index in [0.717, 1.165) is 108 Å². The van der Waals surface area contributed by atoms with Gasteiger partial charge in [-0.15, -0.1) is 12.4 Å². The smallest absolute Gasteiger partial charge is 0.229 e. The second-order valence-corrected chi connectivity index (χ2v) is 29.8. The molecule has 2 aliphatic heterocycles. The summed E-state index contributed by atoms with van der Waals surface area (Å²) in [5, 5.41) is 41.7. The zero-order chi connectivity index (χ0) is 65.4. The Hall–Kier alpha value is -5.51. The number of aliphatic hydroxyl groups is 3. The Labute approximate surface area is 572 Å². The van der Waals surface area contributed by atoms with Crippen LogP contribution in [0.3, 0.4) is 0 Å². The number of unbranched alkanes of at least 4 members (excludes halogenated alkanes) is 1. The molecule has 6 aromatic carbocycles. The number of sulfone groups is 1. The van der Waals surface area contributed by atoms with Gasteiger partial charge in [-0.25, -0.2) is 25.4 Å². The van der Waals surface area contributed by atoms with Gasteiger partial charge in [0.2, 0.25) is 10.0 Å². The molecule has 2 heterocycles. The lowest BCUT2D eigenvalue weighted by molar-refractivity contribution is 0.0662. The van der Waals surface area contributed by atoms with E-state index in [9.17, 15) is 45.9 Å². The summed E-state index contributed by atoms with van der Waals surface area (Å²) in [4.78, 5) is 11.0. The molecule has 27 heteroatoms. The molecule has 0 bridgehead atoms. The number of halogens is 5. The minimum absolute atomic E-state index is 0. The van der Waals surface area contributed by atoms with E-state index in [0.29, 0.717) is 63.9 Å². The third kappa shape index (κ3) is 31.7. The van der Waals surface area contributed by atoms with E-state index in [4.69, 9.17) is 49.0 Å². The molecule has 2 fully saturated rings. The number of phenols is 1. The first-order chi connectivity index (χ1) is 42.6. The van der Waals surface area contributed by atoms with Gasteiger partial charge in [-0.2, -0.15) is 0 Å². The molecule has 518 valence electrons. The maximum Gasteiger partial charge on any atom is 0.229 e. The number of rotatable bonds is 29. The number of hydrogen-bond donors (Lipinski definition) is 6. The van der Waals surface area contributed by atoms with E-state index in [1.54, 1.807) is 103 Å². The van der Waals surface area contributed by atoms with Gasteiger partial charge in [-0.05, 0) is 152 Å². The first-order valence-electron chi connectivity index (χ1n) is 29.5. The average Bonchev–Trinajstić information content (AvgIpc) is 2.15. The first kappa shape index (κ1) is 81.7. The van der Waals surface area contributed by atoms with Crippen LogP contribution in [0.1, 0.15) is 45.7 Å². The molecule has 0 radical (unpaired) electrons. The SMILES string of the molecule is C.C.C=S(C)(=O)Nc1ccc(OC[C@@H](O)CN2CCN(c3ccc(O)cc3)CC2)cc1.CCCCN(CCc1ccc(Cl)c(Cl)c1)CC(O)COc1ccc(CS(C)(=O)=O)cc1.CS(=O)(=O)Nc1ccc(OC[C@@H](O)CN2CCN(c3ccc(F)c(Cl)c3)CC2)cc1.Cl. The van der Waals surface area contributed by atoms with Gasteiger partial charge in [-0.1, -0.05) is 81.2 Å². The summed E-state index contributed by atoms with van der Waals surface area (Å²) < 4.78 is 92.3. The molecule has 0 aliphatic carbocycles. The van der Waals surface area contributed by atoms with E-state index in [2.05, 4.69) is 46.7 Å². The minimum Gasteiger partial charge on any atom is -0.508 e. The molecule has 2 unspecified atom stereocenters. The Kier molecular flexibility index (Phi) is 35.3. The molecule has 0 aromatic heterocycles. The standard InChI is InChI=1S/C23H31Cl2NO4S.C21H29N3O4S.C20H25ClFN3O4S.2CH4.ClH/c1-3-4-12-26(13-11-18-7-10-22(24)23(25)14-18)15-20(27)16-30-21-8-5-19(6-9-21)17-31(2,28)29;1-29(2,27)22-17-3-9-21(10-4-17)28-16-20(26)15-23-11-13-24(14-12-23)18-5-7-19(25)8-6-18;1-30(27,28)23-15-2-5-18(6-3-15)29-14-17(26)13-24-8-10-25(11-9-24)16-4-7-20(22)19(21)12-16;;;/h5-10,14,20,27H,3-4,11-13,15-17H2,1-2H3;3-10,20,25-26H,1,11-16H2,2H3,(H,22,27);2-7,12,17,23,26H,8-11,13-14H2,1H3;2*1H4;1H/t;20-,29?;17-;;;/m.00.../s1. The van der Waals surface area contributed by atoms with Crippen LogP contribution in [0.4, 0.5) is 27.1 Å². The molecule has 0 saturated carbocycles. The second-order valence-electron chi connectivity index (χ2n) is 22.5. The van der Waals surface area contributed by atoms with Crippen LogP contribution in [-0.2, 0) is 41.7 Å². The molecular weight excluding hydrogens is 1340 g/mol. The molecule has 6 aromatic rings. The lowest BCUT2D eigenvalue weighted by atomic mass is 10.1. The van der Waals surface area contributed by atoms with Crippen molar-refractivity contribution in [1.82, 2.24) is 14.7 Å². The molecule has 0 spiro atoms. The highest BCUT2D eigenvalue weighted by Gasteiger charge is 2.23. The number of anilines is 4. The van der Waals surface area contributed by atoms with Crippen LogP contribution in [0.15, 0.2) is 133 Å². The molecule has 2 saturated heterocycles. The number of aliphatic hydroxyl groups excluding tert-OH is 3. The number of piperazine rings is 2. The quantitative estimate of drug-likeness (QED) is 0.0240. The highest BCUT2D eigenvalue weighted by Crippen LogP contribution is 2.26. The number of β-amino-alcohol motifs (C(OH)–C–C–N with tert-alkyl or cyclic N) is 2. The van der Waals surface area contributed by atoms with Gasteiger partial charge in [0.1, 0.15) is 66.9 Å². The van der Waals surface area contributed by atoms with Crippen LogP contribution >= 0.6 is 47.2 Å². The number of aromatic hydroxyl groups is 1. The number of phenolic OH excluding ortho intramolecular Hbond substituents is 1. The van der Waals surface area contributed by atoms with Crippen molar-refractivity contribution in [3.8, 4) is 23.0 Å². The lowest BCUT2D eigenvalue weighted by Crippen LogP contribution is -2.49. The monoisotopic (exact) mass is 1430 g/mol. The van der Waals surface area contributed by atoms with E-state index in [1.807, 2.05) is 24.3 Å². The van der Waals surface area contributed by atoms with Crippen molar-refractivity contribution >= 4 is 105 Å². The van der Waals surface area contributed by atoms with Gasteiger partial charge >= 0.3 is 0 Å². The molecule has 6 N–H and O–H groups in total. The minimum atomic E-state index is -3.32. The number of nitrogens with one attached hydrogen (secondary N) is 2. The Morgan fingerprint density at radius 2 is 1.02 bits per heavy atom.